The number of piperidine rings is 1. The quantitative estimate of drug-likeness (QED) is 0.473. The van der Waals surface area contributed by atoms with E-state index >= 15 is 0 Å². The molecule has 0 radical (unpaired) electrons. The molecule has 3 aromatic rings. The van der Waals surface area contributed by atoms with Crippen LogP contribution in [0.1, 0.15) is 24.8 Å². The molecule has 186 valence electrons. The van der Waals surface area contributed by atoms with Crippen molar-refractivity contribution in [2.45, 2.75) is 32.2 Å². The van der Waals surface area contributed by atoms with Crippen LogP contribution in [0.15, 0.2) is 36.7 Å². The number of rotatable bonds is 8. The van der Waals surface area contributed by atoms with Crippen LogP contribution in [0.2, 0.25) is 0 Å². The number of halogens is 1. The van der Waals surface area contributed by atoms with Crippen LogP contribution in [-0.4, -0.2) is 72.8 Å². The normalized spacial score (nSPS) is 20.7. The zero-order valence-electron chi connectivity index (χ0n) is 20.8. The van der Waals surface area contributed by atoms with Crippen LogP contribution >= 0.6 is 0 Å². The number of hydrogen-bond acceptors (Lipinski definition) is 7. The van der Waals surface area contributed by atoms with Crippen molar-refractivity contribution in [2.75, 3.05) is 52.3 Å². The Balaban J connectivity index is 1.28. The molecule has 5 rings (SSSR count). The number of nitrogens with zero attached hydrogens (tertiary/aromatic N) is 4. The third-order valence-electron chi connectivity index (χ3n) is 7.27. The van der Waals surface area contributed by atoms with Crippen LogP contribution in [0.25, 0.3) is 10.9 Å². The molecule has 0 amide bonds. The van der Waals surface area contributed by atoms with Gasteiger partial charge in [-0.1, -0.05) is 0 Å². The Morgan fingerprint density at radius 3 is 2.86 bits per heavy atom. The number of benzene rings is 2. The Kier molecular flexibility index (Phi) is 7.02. The van der Waals surface area contributed by atoms with Gasteiger partial charge in [-0.05, 0) is 75.5 Å². The number of likely N-dealkylation sites (tertiary alicyclic amines) is 2. The monoisotopic (exact) mass is 479 g/mol. The van der Waals surface area contributed by atoms with E-state index in [1.165, 1.54) is 44.9 Å². The summed E-state index contributed by atoms with van der Waals surface area (Å²) in [5.41, 5.74) is 2.08. The summed E-state index contributed by atoms with van der Waals surface area (Å²) in [7, 11) is 3.87. The number of nitrogens with one attached hydrogen (secondary N) is 1. The first kappa shape index (κ1) is 23.8. The molecular formula is C27H34FN5O2. The van der Waals surface area contributed by atoms with Crippen molar-refractivity contribution in [3.05, 3.63) is 48.0 Å². The molecule has 2 fully saturated rings. The maximum Gasteiger partial charge on any atom is 0.162 e. The van der Waals surface area contributed by atoms with E-state index in [1.54, 1.807) is 26.2 Å². The zero-order chi connectivity index (χ0) is 24.4. The third-order valence-corrected chi connectivity index (χ3v) is 7.27. The standard InChI is InChI=1S/C27H34FN5O2/c1-18-12-20(7-8-22(18)28)31-27-21-13-26(25(34-3)14-23(21)29-17-30-27)35-11-5-10-33-9-4-6-19-15-32(2)16-24(19)33/h7-8,12-14,17,19,24H,4-6,9-11,15-16H2,1-3H3,(H,29,30,31). The number of methoxy groups -OCH3 is 1. The summed E-state index contributed by atoms with van der Waals surface area (Å²) in [5, 5.41) is 4.11. The van der Waals surface area contributed by atoms with Crippen LogP contribution in [-0.2, 0) is 0 Å². The van der Waals surface area contributed by atoms with Crippen molar-refractivity contribution in [1.29, 1.82) is 0 Å². The van der Waals surface area contributed by atoms with E-state index in [4.69, 9.17) is 9.47 Å². The Morgan fingerprint density at radius 1 is 1.14 bits per heavy atom. The molecule has 1 aromatic heterocycles. The van der Waals surface area contributed by atoms with Gasteiger partial charge in [0.25, 0.3) is 0 Å². The number of likely N-dealkylation sites (N-methyl/N-ethyl adjacent to an activating group) is 1. The van der Waals surface area contributed by atoms with Crippen molar-refractivity contribution in [3.63, 3.8) is 0 Å². The van der Waals surface area contributed by atoms with E-state index in [1.807, 2.05) is 12.1 Å². The molecule has 2 saturated heterocycles. The average molecular weight is 480 g/mol. The van der Waals surface area contributed by atoms with Gasteiger partial charge < -0.3 is 19.7 Å². The van der Waals surface area contributed by atoms with E-state index in [9.17, 15) is 4.39 Å². The molecule has 0 aliphatic carbocycles. The van der Waals surface area contributed by atoms with Crippen LogP contribution < -0.4 is 14.8 Å². The van der Waals surface area contributed by atoms with Crippen molar-refractivity contribution in [3.8, 4) is 11.5 Å². The highest BCUT2D eigenvalue weighted by molar-refractivity contribution is 5.93. The van der Waals surface area contributed by atoms with Gasteiger partial charge >= 0.3 is 0 Å². The van der Waals surface area contributed by atoms with Gasteiger partial charge in [-0.2, -0.15) is 0 Å². The smallest absolute Gasteiger partial charge is 0.162 e. The second-order valence-electron chi connectivity index (χ2n) is 9.76. The zero-order valence-corrected chi connectivity index (χ0v) is 20.8. The first-order valence-corrected chi connectivity index (χ1v) is 12.4. The second-order valence-corrected chi connectivity index (χ2v) is 9.76. The van der Waals surface area contributed by atoms with Gasteiger partial charge in [0.2, 0.25) is 0 Å². The van der Waals surface area contributed by atoms with Gasteiger partial charge in [0.05, 0.1) is 19.2 Å². The third kappa shape index (κ3) is 5.18. The molecule has 0 spiro atoms. The summed E-state index contributed by atoms with van der Waals surface area (Å²) in [5.74, 6) is 2.54. The number of ether oxygens (including phenoxy) is 2. The Labute approximate surface area is 206 Å². The first-order chi connectivity index (χ1) is 17.0. The molecule has 0 bridgehead atoms. The molecular weight excluding hydrogens is 445 g/mol. The molecule has 2 aromatic carbocycles. The number of aromatic nitrogens is 2. The van der Waals surface area contributed by atoms with Crippen molar-refractivity contribution in [2.24, 2.45) is 5.92 Å². The van der Waals surface area contributed by atoms with Gasteiger partial charge in [-0.25, -0.2) is 14.4 Å². The van der Waals surface area contributed by atoms with E-state index < -0.39 is 0 Å². The highest BCUT2D eigenvalue weighted by atomic mass is 19.1. The number of anilines is 2. The van der Waals surface area contributed by atoms with Crippen molar-refractivity contribution < 1.29 is 13.9 Å². The van der Waals surface area contributed by atoms with Gasteiger partial charge in [0.15, 0.2) is 11.5 Å². The van der Waals surface area contributed by atoms with Gasteiger partial charge in [-0.3, -0.25) is 4.90 Å². The Hall–Kier alpha value is -2.97. The first-order valence-electron chi connectivity index (χ1n) is 12.4. The largest absolute Gasteiger partial charge is 0.493 e. The molecule has 2 unspecified atom stereocenters. The molecule has 0 saturated carbocycles. The SMILES string of the molecule is COc1cc2ncnc(Nc3ccc(F)c(C)c3)c2cc1OCCCN1CCCC2CN(C)CC21. The van der Waals surface area contributed by atoms with E-state index in [0.717, 1.165) is 35.5 Å². The molecule has 1 N–H and O–H groups in total. The van der Waals surface area contributed by atoms with Gasteiger partial charge in [0, 0.05) is 42.8 Å². The number of hydrogen-bond donors (Lipinski definition) is 1. The summed E-state index contributed by atoms with van der Waals surface area (Å²) >= 11 is 0. The number of fused-ring (bicyclic) bond motifs is 2. The summed E-state index contributed by atoms with van der Waals surface area (Å²) in [6, 6.07) is 9.39. The molecule has 7 nitrogen and oxygen atoms in total. The highest BCUT2D eigenvalue weighted by Crippen LogP contribution is 2.35. The number of aryl methyl sites for hydroxylation is 1. The van der Waals surface area contributed by atoms with E-state index in [0.29, 0.717) is 35.5 Å². The van der Waals surface area contributed by atoms with Crippen molar-refractivity contribution >= 4 is 22.4 Å². The lowest BCUT2D eigenvalue weighted by atomic mass is 9.92. The predicted molar refractivity (Wildman–Crippen MR) is 136 cm³/mol. The summed E-state index contributed by atoms with van der Waals surface area (Å²) in [4.78, 5) is 13.9. The minimum Gasteiger partial charge on any atom is -0.493 e. The fraction of sp³-hybridized carbons (Fsp3) is 0.481. The Morgan fingerprint density at radius 2 is 2.03 bits per heavy atom. The molecule has 35 heavy (non-hydrogen) atoms. The van der Waals surface area contributed by atoms with Crippen LogP contribution in [0.4, 0.5) is 15.9 Å². The summed E-state index contributed by atoms with van der Waals surface area (Å²) in [6.45, 7) is 6.98. The fourth-order valence-electron chi connectivity index (χ4n) is 5.51. The Bertz CT molecular complexity index is 1190. The van der Waals surface area contributed by atoms with Crippen molar-refractivity contribution in [1.82, 2.24) is 19.8 Å². The fourth-order valence-corrected chi connectivity index (χ4v) is 5.51. The molecule has 8 heteroatoms. The molecule has 2 aliphatic rings. The average Bonchev–Trinajstić information content (AvgIpc) is 3.25. The molecule has 2 atom stereocenters. The molecule has 2 aliphatic heterocycles. The maximum atomic E-state index is 13.7. The topological polar surface area (TPSA) is 62.8 Å². The van der Waals surface area contributed by atoms with E-state index in [-0.39, 0.29) is 5.82 Å². The van der Waals surface area contributed by atoms with Gasteiger partial charge in [-0.15, -0.1) is 0 Å². The summed E-state index contributed by atoms with van der Waals surface area (Å²) < 4.78 is 25.5. The second kappa shape index (κ2) is 10.3. The maximum absolute atomic E-state index is 13.7. The lowest BCUT2D eigenvalue weighted by Gasteiger charge is -2.37. The van der Waals surface area contributed by atoms with Crippen LogP contribution in [0, 0.1) is 18.7 Å². The minimum absolute atomic E-state index is 0.233. The van der Waals surface area contributed by atoms with Gasteiger partial charge in [0.1, 0.15) is 18.0 Å². The lowest BCUT2D eigenvalue weighted by molar-refractivity contribution is 0.115. The molecule has 3 heterocycles. The van der Waals surface area contributed by atoms with Crippen LogP contribution in [0.5, 0.6) is 11.5 Å². The van der Waals surface area contributed by atoms with E-state index in [2.05, 4.69) is 32.1 Å². The van der Waals surface area contributed by atoms with Crippen LogP contribution in [0.3, 0.4) is 0 Å². The predicted octanol–water partition coefficient (Wildman–Crippen LogP) is 4.62. The highest BCUT2D eigenvalue weighted by Gasteiger charge is 2.37. The summed E-state index contributed by atoms with van der Waals surface area (Å²) in [6.07, 6.45) is 5.11. The minimum atomic E-state index is -0.233. The lowest BCUT2D eigenvalue weighted by Crippen LogP contribution is -2.45.